The van der Waals surface area contributed by atoms with Crippen LogP contribution in [0.5, 0.6) is 0 Å². The first-order valence-electron chi connectivity index (χ1n) is 6.86. The highest BCUT2D eigenvalue weighted by molar-refractivity contribution is 5.21. The lowest BCUT2D eigenvalue weighted by Crippen LogP contribution is -2.02. The van der Waals surface area contributed by atoms with Crippen molar-refractivity contribution in [3.05, 3.63) is 48.6 Å². The summed E-state index contributed by atoms with van der Waals surface area (Å²) >= 11 is 0. The SMILES string of the molecule is C=C.c1cc(COCC2CO2)ccc1COCC1CO1. The van der Waals surface area contributed by atoms with E-state index < -0.39 is 0 Å². The molecule has 4 heteroatoms. The molecule has 2 aliphatic rings. The molecule has 3 rings (SSSR count). The zero-order chi connectivity index (χ0) is 14.2. The monoisotopic (exact) mass is 278 g/mol. The quantitative estimate of drug-likeness (QED) is 0.540. The predicted octanol–water partition coefficient (Wildman–Crippen LogP) is 2.32. The molecule has 1 aromatic rings. The van der Waals surface area contributed by atoms with Gasteiger partial charge in [-0.05, 0) is 11.1 Å². The van der Waals surface area contributed by atoms with Gasteiger partial charge in [0, 0.05) is 0 Å². The number of ether oxygens (including phenoxy) is 4. The molecule has 0 spiro atoms. The van der Waals surface area contributed by atoms with Crippen LogP contribution < -0.4 is 0 Å². The third-order valence-corrected chi connectivity index (χ3v) is 2.97. The lowest BCUT2D eigenvalue weighted by Gasteiger charge is -2.05. The van der Waals surface area contributed by atoms with Gasteiger partial charge in [-0.3, -0.25) is 0 Å². The fourth-order valence-electron chi connectivity index (χ4n) is 1.68. The van der Waals surface area contributed by atoms with Crippen LogP contribution in [-0.2, 0) is 32.2 Å². The van der Waals surface area contributed by atoms with Crippen LogP contribution in [0, 0.1) is 0 Å². The summed E-state index contributed by atoms with van der Waals surface area (Å²) in [7, 11) is 0. The highest BCUT2D eigenvalue weighted by Gasteiger charge is 2.22. The largest absolute Gasteiger partial charge is 0.374 e. The van der Waals surface area contributed by atoms with Crippen molar-refractivity contribution in [2.45, 2.75) is 25.4 Å². The van der Waals surface area contributed by atoms with Gasteiger partial charge < -0.3 is 18.9 Å². The maximum absolute atomic E-state index is 5.53. The number of hydrogen-bond donors (Lipinski definition) is 0. The summed E-state index contributed by atoms with van der Waals surface area (Å²) in [5.41, 5.74) is 2.37. The van der Waals surface area contributed by atoms with E-state index in [-0.39, 0.29) is 0 Å². The second-order valence-corrected chi connectivity index (χ2v) is 4.76. The van der Waals surface area contributed by atoms with Crippen LogP contribution in [-0.4, -0.2) is 38.6 Å². The maximum Gasteiger partial charge on any atom is 0.104 e. The second kappa shape index (κ2) is 8.17. The smallest absolute Gasteiger partial charge is 0.104 e. The lowest BCUT2D eigenvalue weighted by molar-refractivity contribution is 0.102. The minimum Gasteiger partial charge on any atom is -0.374 e. The van der Waals surface area contributed by atoms with E-state index in [0.29, 0.717) is 38.6 Å². The molecule has 2 aliphatic heterocycles. The number of hydrogen-bond acceptors (Lipinski definition) is 4. The highest BCUT2D eigenvalue weighted by atomic mass is 16.6. The van der Waals surface area contributed by atoms with Crippen molar-refractivity contribution in [3.63, 3.8) is 0 Å². The third kappa shape index (κ3) is 5.84. The van der Waals surface area contributed by atoms with Crippen LogP contribution in [0.15, 0.2) is 37.4 Å². The van der Waals surface area contributed by atoms with E-state index >= 15 is 0 Å². The molecule has 0 radical (unpaired) electrons. The molecule has 2 atom stereocenters. The molecule has 2 heterocycles. The van der Waals surface area contributed by atoms with Crippen LogP contribution in [0.2, 0.25) is 0 Å². The summed E-state index contributed by atoms with van der Waals surface area (Å²) in [6.07, 6.45) is 0.671. The minimum atomic E-state index is 0.335. The van der Waals surface area contributed by atoms with Gasteiger partial charge in [0.25, 0.3) is 0 Å². The second-order valence-electron chi connectivity index (χ2n) is 4.76. The van der Waals surface area contributed by atoms with Crippen LogP contribution >= 0.6 is 0 Å². The first-order chi connectivity index (χ1) is 9.90. The average molecular weight is 278 g/mol. The van der Waals surface area contributed by atoms with E-state index in [1.165, 1.54) is 11.1 Å². The Hall–Kier alpha value is -1.20. The van der Waals surface area contributed by atoms with Gasteiger partial charge in [-0.25, -0.2) is 0 Å². The van der Waals surface area contributed by atoms with Crippen molar-refractivity contribution < 1.29 is 18.9 Å². The molecule has 4 nitrogen and oxygen atoms in total. The molecule has 110 valence electrons. The molecule has 0 bridgehead atoms. The molecule has 2 unspecified atom stereocenters. The standard InChI is InChI=1S/C14H18O4.C2H4/c1-2-12(6-16-8-14-10-18-14)4-3-11(1)5-15-7-13-9-17-13;1-2/h1-4,13-14H,5-10H2;1-2H2. The predicted molar refractivity (Wildman–Crippen MR) is 76.5 cm³/mol. The normalized spacial score (nSPS) is 22.8. The lowest BCUT2D eigenvalue weighted by atomic mass is 10.1. The molecule has 0 aliphatic carbocycles. The first kappa shape index (κ1) is 15.2. The van der Waals surface area contributed by atoms with Crippen molar-refractivity contribution in [1.82, 2.24) is 0 Å². The Kier molecular flexibility index (Phi) is 6.21. The fraction of sp³-hybridized carbons (Fsp3) is 0.500. The molecule has 0 N–H and O–H groups in total. The van der Waals surface area contributed by atoms with Crippen molar-refractivity contribution in [3.8, 4) is 0 Å². The highest BCUT2D eigenvalue weighted by Crippen LogP contribution is 2.13. The molecular formula is C16H22O4. The van der Waals surface area contributed by atoms with E-state index in [0.717, 1.165) is 13.2 Å². The van der Waals surface area contributed by atoms with Crippen LogP contribution in [0.1, 0.15) is 11.1 Å². The molecule has 2 saturated heterocycles. The topological polar surface area (TPSA) is 43.5 Å². The van der Waals surface area contributed by atoms with Crippen molar-refractivity contribution in [1.29, 1.82) is 0 Å². The van der Waals surface area contributed by atoms with E-state index in [1.807, 2.05) is 0 Å². The summed E-state index contributed by atoms with van der Waals surface area (Å²) < 4.78 is 21.2. The molecule has 0 saturated carbocycles. The average Bonchev–Trinajstić information content (AvgIpc) is 3.37. The van der Waals surface area contributed by atoms with E-state index in [9.17, 15) is 0 Å². The van der Waals surface area contributed by atoms with Gasteiger partial charge in [0.2, 0.25) is 0 Å². The van der Waals surface area contributed by atoms with Crippen molar-refractivity contribution >= 4 is 0 Å². The van der Waals surface area contributed by atoms with Crippen LogP contribution in [0.4, 0.5) is 0 Å². The number of benzene rings is 1. The Bertz CT molecular complexity index is 345. The molecule has 2 fully saturated rings. The summed E-state index contributed by atoms with van der Waals surface area (Å²) in [5.74, 6) is 0. The summed E-state index contributed by atoms with van der Waals surface area (Å²) in [5, 5.41) is 0. The Morgan fingerprint density at radius 3 is 1.50 bits per heavy atom. The first-order valence-corrected chi connectivity index (χ1v) is 6.86. The Morgan fingerprint density at radius 2 is 1.20 bits per heavy atom. The molecular weight excluding hydrogens is 256 g/mol. The minimum absolute atomic E-state index is 0.335. The summed E-state index contributed by atoms with van der Waals surface area (Å²) in [4.78, 5) is 0. The Morgan fingerprint density at radius 1 is 0.850 bits per heavy atom. The van der Waals surface area contributed by atoms with Gasteiger partial charge in [-0.2, -0.15) is 0 Å². The van der Waals surface area contributed by atoms with Gasteiger partial charge in [0.05, 0.1) is 39.6 Å². The van der Waals surface area contributed by atoms with E-state index in [4.69, 9.17) is 18.9 Å². The summed E-state index contributed by atoms with van der Waals surface area (Å²) in [6.45, 7) is 10.4. The Labute approximate surface area is 120 Å². The van der Waals surface area contributed by atoms with E-state index in [1.54, 1.807) is 0 Å². The molecule has 1 aromatic carbocycles. The third-order valence-electron chi connectivity index (χ3n) is 2.97. The molecule has 0 aromatic heterocycles. The van der Waals surface area contributed by atoms with Crippen molar-refractivity contribution in [2.75, 3.05) is 26.4 Å². The Balaban J connectivity index is 0.000000704. The zero-order valence-electron chi connectivity index (χ0n) is 11.8. The molecule has 20 heavy (non-hydrogen) atoms. The van der Waals surface area contributed by atoms with Crippen LogP contribution in [0.25, 0.3) is 0 Å². The van der Waals surface area contributed by atoms with Crippen molar-refractivity contribution in [2.24, 2.45) is 0 Å². The number of epoxide rings is 2. The van der Waals surface area contributed by atoms with Gasteiger partial charge in [0.15, 0.2) is 0 Å². The maximum atomic E-state index is 5.53. The fourth-order valence-corrected chi connectivity index (χ4v) is 1.68. The zero-order valence-corrected chi connectivity index (χ0v) is 11.8. The summed E-state index contributed by atoms with van der Waals surface area (Å²) in [6, 6.07) is 8.33. The molecule has 0 amide bonds. The van der Waals surface area contributed by atoms with Gasteiger partial charge in [0.1, 0.15) is 12.2 Å². The van der Waals surface area contributed by atoms with Crippen LogP contribution in [0.3, 0.4) is 0 Å². The van der Waals surface area contributed by atoms with Gasteiger partial charge in [-0.1, -0.05) is 24.3 Å². The van der Waals surface area contributed by atoms with Gasteiger partial charge >= 0.3 is 0 Å². The van der Waals surface area contributed by atoms with Gasteiger partial charge in [-0.15, -0.1) is 13.2 Å². The van der Waals surface area contributed by atoms with E-state index in [2.05, 4.69) is 37.4 Å². The number of rotatable bonds is 8.